The highest BCUT2D eigenvalue weighted by Crippen LogP contribution is 2.21. The van der Waals surface area contributed by atoms with Gasteiger partial charge in [-0.2, -0.15) is 0 Å². The van der Waals surface area contributed by atoms with Crippen LogP contribution in [0, 0.1) is 5.92 Å². The first-order chi connectivity index (χ1) is 15.2. The van der Waals surface area contributed by atoms with Crippen LogP contribution in [-0.4, -0.2) is 54.4 Å². The van der Waals surface area contributed by atoms with Gasteiger partial charge in [-0.15, -0.1) is 0 Å². The van der Waals surface area contributed by atoms with E-state index in [0.29, 0.717) is 12.5 Å². The summed E-state index contributed by atoms with van der Waals surface area (Å²) in [6.07, 6.45) is 7.61. The third kappa shape index (κ3) is 5.75. The van der Waals surface area contributed by atoms with Gasteiger partial charge in [0.2, 0.25) is 5.91 Å². The Balaban J connectivity index is 1.20. The molecule has 2 aliphatic heterocycles. The summed E-state index contributed by atoms with van der Waals surface area (Å²) in [5.41, 5.74) is 1.76. The van der Waals surface area contributed by atoms with Gasteiger partial charge in [0, 0.05) is 37.8 Å². The van der Waals surface area contributed by atoms with Crippen LogP contribution < -0.4 is 4.74 Å². The number of amides is 2. The van der Waals surface area contributed by atoms with Crippen molar-refractivity contribution >= 4 is 17.9 Å². The van der Waals surface area contributed by atoms with Crippen LogP contribution in [-0.2, 0) is 4.79 Å². The molecule has 2 aromatic carbocycles. The van der Waals surface area contributed by atoms with E-state index >= 15 is 0 Å². The topological polar surface area (TPSA) is 49.9 Å². The van der Waals surface area contributed by atoms with Gasteiger partial charge in [-0.3, -0.25) is 9.59 Å². The van der Waals surface area contributed by atoms with Gasteiger partial charge in [0.05, 0.1) is 6.61 Å². The molecule has 162 valence electrons. The number of ether oxygens (including phenoxy) is 1. The van der Waals surface area contributed by atoms with Gasteiger partial charge < -0.3 is 14.5 Å². The Kier molecular flexibility index (Phi) is 7.03. The molecule has 0 unspecified atom stereocenters. The molecule has 0 N–H and O–H groups in total. The van der Waals surface area contributed by atoms with E-state index in [-0.39, 0.29) is 11.8 Å². The molecule has 0 radical (unpaired) electrons. The lowest BCUT2D eigenvalue weighted by Gasteiger charge is -2.31. The van der Waals surface area contributed by atoms with Crippen molar-refractivity contribution in [3.05, 3.63) is 71.8 Å². The maximum absolute atomic E-state index is 12.4. The molecule has 0 aliphatic carbocycles. The van der Waals surface area contributed by atoms with Gasteiger partial charge in [-0.05, 0) is 67.5 Å². The lowest BCUT2D eigenvalue weighted by Crippen LogP contribution is -2.38. The lowest BCUT2D eigenvalue weighted by molar-refractivity contribution is -0.127. The second-order valence-corrected chi connectivity index (χ2v) is 8.35. The second-order valence-electron chi connectivity index (χ2n) is 8.35. The molecule has 0 saturated carbocycles. The summed E-state index contributed by atoms with van der Waals surface area (Å²) < 4.78 is 5.96. The van der Waals surface area contributed by atoms with Crippen LogP contribution in [0.3, 0.4) is 0 Å². The largest absolute Gasteiger partial charge is 0.493 e. The first-order valence-corrected chi connectivity index (χ1v) is 11.2. The number of benzene rings is 2. The minimum absolute atomic E-state index is 0.0708. The fraction of sp³-hybridized carbons (Fsp3) is 0.385. The minimum Gasteiger partial charge on any atom is -0.493 e. The van der Waals surface area contributed by atoms with Crippen molar-refractivity contribution in [2.24, 2.45) is 5.92 Å². The summed E-state index contributed by atoms with van der Waals surface area (Å²) in [5, 5.41) is 0. The van der Waals surface area contributed by atoms with E-state index < -0.39 is 0 Å². The zero-order chi connectivity index (χ0) is 21.5. The number of hydrogen-bond acceptors (Lipinski definition) is 3. The van der Waals surface area contributed by atoms with Gasteiger partial charge in [0.25, 0.3) is 5.91 Å². The Bertz CT molecular complexity index is 894. The monoisotopic (exact) mass is 418 g/mol. The lowest BCUT2D eigenvalue weighted by atomic mass is 9.97. The molecule has 0 spiro atoms. The Hall–Kier alpha value is -3.08. The Morgan fingerprint density at radius 3 is 2.23 bits per heavy atom. The zero-order valence-electron chi connectivity index (χ0n) is 17.9. The molecule has 0 bridgehead atoms. The van der Waals surface area contributed by atoms with Gasteiger partial charge >= 0.3 is 0 Å². The molecule has 31 heavy (non-hydrogen) atoms. The van der Waals surface area contributed by atoms with Crippen LogP contribution >= 0.6 is 0 Å². The highest BCUT2D eigenvalue weighted by molar-refractivity contribution is 5.94. The predicted octanol–water partition coefficient (Wildman–Crippen LogP) is 4.25. The van der Waals surface area contributed by atoms with E-state index in [9.17, 15) is 9.59 Å². The number of nitrogens with zero attached hydrogens (tertiary/aromatic N) is 2. The SMILES string of the molecule is O=C(C=Cc1ccccc1)N1CCC(COc2ccc(C(=O)N3CCCC3)cc2)CC1. The van der Waals surface area contributed by atoms with Crippen LogP contribution in [0.5, 0.6) is 5.75 Å². The quantitative estimate of drug-likeness (QED) is 0.659. The normalized spacial score (nSPS) is 17.3. The van der Waals surface area contributed by atoms with E-state index in [0.717, 1.165) is 68.7 Å². The Morgan fingerprint density at radius 2 is 1.55 bits per heavy atom. The molecule has 2 aliphatic rings. The second kappa shape index (κ2) is 10.3. The highest BCUT2D eigenvalue weighted by Gasteiger charge is 2.22. The molecule has 2 heterocycles. The van der Waals surface area contributed by atoms with Crippen LogP contribution in [0.1, 0.15) is 41.6 Å². The van der Waals surface area contributed by atoms with E-state index in [1.165, 1.54) is 0 Å². The van der Waals surface area contributed by atoms with Crippen LogP contribution in [0.4, 0.5) is 0 Å². The molecule has 2 saturated heterocycles. The van der Waals surface area contributed by atoms with Crippen molar-refractivity contribution in [3.63, 3.8) is 0 Å². The van der Waals surface area contributed by atoms with Crippen molar-refractivity contribution in [2.75, 3.05) is 32.8 Å². The third-order valence-electron chi connectivity index (χ3n) is 6.12. The minimum atomic E-state index is 0.0708. The summed E-state index contributed by atoms with van der Waals surface area (Å²) in [6.45, 7) is 3.88. The molecule has 2 amide bonds. The smallest absolute Gasteiger partial charge is 0.253 e. The average Bonchev–Trinajstić information content (AvgIpc) is 3.37. The van der Waals surface area contributed by atoms with Crippen molar-refractivity contribution < 1.29 is 14.3 Å². The molecular weight excluding hydrogens is 388 g/mol. The standard InChI is InChI=1S/C26H30N2O3/c29-25(13-8-21-6-2-1-3-7-21)27-18-14-22(15-19-27)20-31-24-11-9-23(10-12-24)26(30)28-16-4-5-17-28/h1-3,6-13,22H,4-5,14-20H2. The van der Waals surface area contributed by atoms with Gasteiger partial charge in [0.1, 0.15) is 5.75 Å². The summed E-state index contributed by atoms with van der Waals surface area (Å²) in [7, 11) is 0. The number of likely N-dealkylation sites (tertiary alicyclic amines) is 2. The fourth-order valence-corrected chi connectivity index (χ4v) is 4.17. The molecule has 2 fully saturated rings. The molecule has 4 rings (SSSR count). The van der Waals surface area contributed by atoms with Gasteiger partial charge in [0.15, 0.2) is 0 Å². The Morgan fingerprint density at radius 1 is 0.871 bits per heavy atom. The van der Waals surface area contributed by atoms with E-state index in [1.807, 2.05) is 70.5 Å². The predicted molar refractivity (Wildman–Crippen MR) is 122 cm³/mol. The van der Waals surface area contributed by atoms with Gasteiger partial charge in [-0.25, -0.2) is 0 Å². The van der Waals surface area contributed by atoms with Crippen molar-refractivity contribution in [3.8, 4) is 5.75 Å². The molecule has 5 heteroatoms. The first kappa shape index (κ1) is 21.2. The number of piperidine rings is 1. The molecular formula is C26H30N2O3. The summed E-state index contributed by atoms with van der Waals surface area (Å²) in [6, 6.07) is 17.4. The van der Waals surface area contributed by atoms with Crippen molar-refractivity contribution in [2.45, 2.75) is 25.7 Å². The highest BCUT2D eigenvalue weighted by atomic mass is 16.5. The van der Waals surface area contributed by atoms with Crippen LogP contribution in [0.2, 0.25) is 0 Å². The average molecular weight is 419 g/mol. The van der Waals surface area contributed by atoms with Crippen molar-refractivity contribution in [1.82, 2.24) is 9.80 Å². The summed E-state index contributed by atoms with van der Waals surface area (Å²) >= 11 is 0. The first-order valence-electron chi connectivity index (χ1n) is 11.2. The molecule has 0 aromatic heterocycles. The number of carbonyl (C=O) groups is 2. The number of hydrogen-bond donors (Lipinski definition) is 0. The maximum Gasteiger partial charge on any atom is 0.253 e. The van der Waals surface area contributed by atoms with Crippen LogP contribution in [0.15, 0.2) is 60.7 Å². The van der Waals surface area contributed by atoms with Gasteiger partial charge in [-0.1, -0.05) is 30.3 Å². The fourth-order valence-electron chi connectivity index (χ4n) is 4.17. The Labute approximate surface area is 184 Å². The molecule has 2 aromatic rings. The zero-order valence-corrected chi connectivity index (χ0v) is 17.9. The molecule has 5 nitrogen and oxygen atoms in total. The number of rotatable bonds is 6. The molecule has 0 atom stereocenters. The van der Waals surface area contributed by atoms with E-state index in [2.05, 4.69) is 0 Å². The summed E-state index contributed by atoms with van der Waals surface area (Å²) in [4.78, 5) is 28.7. The van der Waals surface area contributed by atoms with Crippen LogP contribution in [0.25, 0.3) is 6.08 Å². The van der Waals surface area contributed by atoms with E-state index in [4.69, 9.17) is 4.74 Å². The van der Waals surface area contributed by atoms with Crippen molar-refractivity contribution in [1.29, 1.82) is 0 Å². The third-order valence-corrected chi connectivity index (χ3v) is 6.12. The maximum atomic E-state index is 12.4. The number of carbonyl (C=O) groups excluding carboxylic acids is 2. The van der Waals surface area contributed by atoms with E-state index in [1.54, 1.807) is 6.08 Å². The summed E-state index contributed by atoms with van der Waals surface area (Å²) in [5.74, 6) is 1.42.